The molecule has 0 saturated heterocycles. The lowest BCUT2D eigenvalue weighted by Gasteiger charge is -2.01. The second-order valence-corrected chi connectivity index (χ2v) is 5.66. The predicted octanol–water partition coefficient (Wildman–Crippen LogP) is 3.73. The highest BCUT2D eigenvalue weighted by atomic mass is 35.5. The molecule has 0 bridgehead atoms. The number of ketones is 1. The van der Waals surface area contributed by atoms with Gasteiger partial charge in [-0.25, -0.2) is 0 Å². The van der Waals surface area contributed by atoms with Gasteiger partial charge in [0, 0.05) is 22.4 Å². The Bertz CT molecular complexity index is 623. The quantitative estimate of drug-likeness (QED) is 0.844. The first-order chi connectivity index (χ1) is 9.45. The molecule has 1 aromatic heterocycles. The SMILES string of the molecule is CC(C)C(=O)Cc1nc(Cc2ccc(Cl)cc2Cl)no1. The van der Waals surface area contributed by atoms with Gasteiger partial charge in [0.25, 0.3) is 0 Å². The van der Waals surface area contributed by atoms with Gasteiger partial charge >= 0.3 is 0 Å². The number of Topliss-reactive ketones (excluding diaryl/α,β-unsaturated/α-hetero) is 1. The largest absolute Gasteiger partial charge is 0.339 e. The standard InChI is InChI=1S/C14H14Cl2N2O2/c1-8(2)12(19)7-14-17-13(18-20-14)5-9-3-4-10(15)6-11(9)16/h3-4,6,8H,5,7H2,1-2H3. The van der Waals surface area contributed by atoms with Crippen LogP contribution in [0.1, 0.15) is 31.1 Å². The number of aromatic nitrogens is 2. The van der Waals surface area contributed by atoms with Crippen molar-refractivity contribution >= 4 is 29.0 Å². The van der Waals surface area contributed by atoms with E-state index in [1.807, 2.05) is 19.9 Å². The average Bonchev–Trinajstić information content (AvgIpc) is 2.80. The Morgan fingerprint density at radius 1 is 1.35 bits per heavy atom. The molecule has 6 heteroatoms. The summed E-state index contributed by atoms with van der Waals surface area (Å²) in [5.41, 5.74) is 0.860. The summed E-state index contributed by atoms with van der Waals surface area (Å²) < 4.78 is 5.07. The van der Waals surface area contributed by atoms with Crippen molar-refractivity contribution in [3.8, 4) is 0 Å². The van der Waals surface area contributed by atoms with Crippen LogP contribution in [0.3, 0.4) is 0 Å². The summed E-state index contributed by atoms with van der Waals surface area (Å²) in [5, 5.41) is 4.99. The van der Waals surface area contributed by atoms with E-state index in [1.165, 1.54) is 0 Å². The van der Waals surface area contributed by atoms with Crippen LogP contribution < -0.4 is 0 Å². The van der Waals surface area contributed by atoms with Crippen molar-refractivity contribution < 1.29 is 9.32 Å². The molecule has 0 aliphatic heterocycles. The van der Waals surface area contributed by atoms with E-state index in [0.717, 1.165) is 5.56 Å². The Labute approximate surface area is 127 Å². The lowest BCUT2D eigenvalue weighted by atomic mass is 10.1. The number of benzene rings is 1. The van der Waals surface area contributed by atoms with E-state index in [-0.39, 0.29) is 18.1 Å². The molecule has 0 saturated carbocycles. The summed E-state index contributed by atoms with van der Waals surface area (Å²) in [6.07, 6.45) is 0.606. The zero-order valence-electron chi connectivity index (χ0n) is 11.2. The second-order valence-electron chi connectivity index (χ2n) is 4.81. The van der Waals surface area contributed by atoms with Crippen LogP contribution in [0.15, 0.2) is 22.7 Å². The Kier molecular flexibility index (Phi) is 4.78. The normalized spacial score (nSPS) is 11.1. The smallest absolute Gasteiger partial charge is 0.234 e. The van der Waals surface area contributed by atoms with E-state index in [0.29, 0.717) is 28.2 Å². The van der Waals surface area contributed by atoms with E-state index < -0.39 is 0 Å². The monoisotopic (exact) mass is 312 g/mol. The first-order valence-electron chi connectivity index (χ1n) is 6.24. The van der Waals surface area contributed by atoms with Crippen LogP contribution in [-0.4, -0.2) is 15.9 Å². The maximum Gasteiger partial charge on any atom is 0.234 e. The summed E-state index contributed by atoms with van der Waals surface area (Å²) in [6.45, 7) is 3.68. The first kappa shape index (κ1) is 15.0. The highest BCUT2D eigenvalue weighted by Crippen LogP contribution is 2.22. The minimum Gasteiger partial charge on any atom is -0.339 e. The van der Waals surface area contributed by atoms with Crippen LogP contribution in [0.25, 0.3) is 0 Å². The molecule has 0 aliphatic rings. The zero-order chi connectivity index (χ0) is 14.7. The van der Waals surface area contributed by atoms with Gasteiger partial charge in [-0.3, -0.25) is 4.79 Å². The highest BCUT2D eigenvalue weighted by Gasteiger charge is 2.14. The zero-order valence-corrected chi connectivity index (χ0v) is 12.7. The number of carbonyl (C=O) groups excluding carboxylic acids is 1. The number of hydrogen-bond donors (Lipinski definition) is 0. The molecule has 2 rings (SSSR count). The maximum atomic E-state index is 11.6. The summed E-state index contributed by atoms with van der Waals surface area (Å²) in [5.74, 6) is 0.866. The molecular formula is C14H14Cl2N2O2. The summed E-state index contributed by atoms with van der Waals surface area (Å²) in [6, 6.07) is 5.24. The van der Waals surface area contributed by atoms with Gasteiger partial charge in [-0.2, -0.15) is 4.98 Å². The molecule has 4 nitrogen and oxygen atoms in total. The minimum atomic E-state index is -0.0453. The topological polar surface area (TPSA) is 56.0 Å². The highest BCUT2D eigenvalue weighted by molar-refractivity contribution is 6.35. The third-order valence-corrected chi connectivity index (χ3v) is 3.43. The van der Waals surface area contributed by atoms with Crippen LogP contribution in [-0.2, 0) is 17.6 Å². The van der Waals surface area contributed by atoms with Crippen LogP contribution >= 0.6 is 23.2 Å². The van der Waals surface area contributed by atoms with E-state index >= 15 is 0 Å². The fraction of sp³-hybridized carbons (Fsp3) is 0.357. The van der Waals surface area contributed by atoms with Gasteiger partial charge in [0.05, 0.1) is 6.42 Å². The molecular weight excluding hydrogens is 299 g/mol. The Morgan fingerprint density at radius 3 is 2.75 bits per heavy atom. The van der Waals surface area contributed by atoms with Crippen molar-refractivity contribution in [1.29, 1.82) is 0 Å². The van der Waals surface area contributed by atoms with Gasteiger partial charge in [0.15, 0.2) is 5.82 Å². The lowest BCUT2D eigenvalue weighted by Crippen LogP contribution is -2.10. The number of rotatable bonds is 5. The molecule has 1 heterocycles. The van der Waals surface area contributed by atoms with Crippen molar-refractivity contribution in [3.05, 3.63) is 45.5 Å². The molecule has 106 valence electrons. The Balaban J connectivity index is 2.07. The summed E-state index contributed by atoms with van der Waals surface area (Å²) >= 11 is 11.9. The van der Waals surface area contributed by atoms with E-state index in [4.69, 9.17) is 27.7 Å². The molecule has 0 fully saturated rings. The average molecular weight is 313 g/mol. The molecule has 0 amide bonds. The lowest BCUT2D eigenvalue weighted by molar-refractivity contribution is -0.121. The van der Waals surface area contributed by atoms with Crippen molar-refractivity contribution in [2.75, 3.05) is 0 Å². The van der Waals surface area contributed by atoms with Gasteiger partial charge in [0.2, 0.25) is 5.89 Å². The predicted molar refractivity (Wildman–Crippen MR) is 77.1 cm³/mol. The van der Waals surface area contributed by atoms with Gasteiger partial charge in [-0.1, -0.05) is 48.3 Å². The molecule has 0 atom stereocenters. The van der Waals surface area contributed by atoms with Crippen molar-refractivity contribution in [2.24, 2.45) is 5.92 Å². The summed E-state index contributed by atoms with van der Waals surface area (Å²) in [7, 11) is 0. The molecule has 0 unspecified atom stereocenters. The molecule has 2 aromatic rings. The third kappa shape index (κ3) is 3.81. The second kappa shape index (κ2) is 6.37. The van der Waals surface area contributed by atoms with Crippen LogP contribution in [0, 0.1) is 5.92 Å². The molecule has 1 aromatic carbocycles. The van der Waals surface area contributed by atoms with Crippen molar-refractivity contribution in [3.63, 3.8) is 0 Å². The molecule has 0 aliphatic carbocycles. The summed E-state index contributed by atoms with van der Waals surface area (Å²) in [4.78, 5) is 15.8. The van der Waals surface area contributed by atoms with Crippen LogP contribution in [0.4, 0.5) is 0 Å². The van der Waals surface area contributed by atoms with E-state index in [9.17, 15) is 4.79 Å². The van der Waals surface area contributed by atoms with Gasteiger partial charge < -0.3 is 4.52 Å². The van der Waals surface area contributed by atoms with E-state index in [1.54, 1.807) is 12.1 Å². The number of carbonyl (C=O) groups is 1. The maximum absolute atomic E-state index is 11.6. The Morgan fingerprint density at radius 2 is 2.10 bits per heavy atom. The van der Waals surface area contributed by atoms with Gasteiger partial charge in [-0.05, 0) is 17.7 Å². The fourth-order valence-electron chi connectivity index (χ4n) is 1.62. The van der Waals surface area contributed by atoms with Gasteiger partial charge in [-0.15, -0.1) is 0 Å². The van der Waals surface area contributed by atoms with Crippen molar-refractivity contribution in [2.45, 2.75) is 26.7 Å². The van der Waals surface area contributed by atoms with Crippen LogP contribution in [0.5, 0.6) is 0 Å². The van der Waals surface area contributed by atoms with Crippen molar-refractivity contribution in [1.82, 2.24) is 10.1 Å². The molecule has 0 N–H and O–H groups in total. The molecule has 0 radical (unpaired) electrons. The Hall–Kier alpha value is -1.39. The van der Waals surface area contributed by atoms with Crippen LogP contribution in [0.2, 0.25) is 10.0 Å². The first-order valence-corrected chi connectivity index (χ1v) is 6.99. The number of hydrogen-bond acceptors (Lipinski definition) is 4. The fourth-order valence-corrected chi connectivity index (χ4v) is 2.10. The molecule has 0 spiro atoms. The third-order valence-electron chi connectivity index (χ3n) is 2.84. The van der Waals surface area contributed by atoms with E-state index in [2.05, 4.69) is 10.1 Å². The van der Waals surface area contributed by atoms with Gasteiger partial charge in [0.1, 0.15) is 5.78 Å². The molecule has 20 heavy (non-hydrogen) atoms. The number of nitrogens with zero attached hydrogens (tertiary/aromatic N) is 2. The number of halogens is 2. The minimum absolute atomic E-state index is 0.0453.